The van der Waals surface area contributed by atoms with Gasteiger partial charge in [0, 0.05) is 13.0 Å². The predicted molar refractivity (Wildman–Crippen MR) is 70.1 cm³/mol. The van der Waals surface area contributed by atoms with Crippen molar-refractivity contribution in [3.8, 4) is 0 Å². The van der Waals surface area contributed by atoms with E-state index in [0.29, 0.717) is 38.2 Å². The highest BCUT2D eigenvalue weighted by Crippen LogP contribution is 2.38. The van der Waals surface area contributed by atoms with Gasteiger partial charge in [-0.3, -0.25) is 9.63 Å². The number of hydroxylamine groups is 2. The monoisotopic (exact) mass is 297 g/mol. The van der Waals surface area contributed by atoms with Crippen molar-refractivity contribution in [2.45, 2.75) is 25.8 Å². The first-order valence-corrected chi connectivity index (χ1v) is 7.00. The molecule has 2 heterocycles. The number of ether oxygens (including phenoxy) is 1. The summed E-state index contributed by atoms with van der Waals surface area (Å²) in [5.74, 6) is -1.97. The lowest BCUT2D eigenvalue weighted by Crippen LogP contribution is -2.41. The van der Waals surface area contributed by atoms with E-state index in [4.69, 9.17) is 9.57 Å². The Labute approximate surface area is 121 Å². The molecule has 1 aromatic carbocycles. The Morgan fingerprint density at radius 2 is 2.14 bits per heavy atom. The Hall–Kier alpha value is -1.53. The molecule has 2 fully saturated rings. The van der Waals surface area contributed by atoms with E-state index in [-0.39, 0.29) is 11.9 Å². The zero-order valence-electron chi connectivity index (χ0n) is 11.8. The van der Waals surface area contributed by atoms with Crippen LogP contribution < -0.4 is 0 Å². The van der Waals surface area contributed by atoms with E-state index in [1.807, 2.05) is 6.92 Å². The summed E-state index contributed by atoms with van der Waals surface area (Å²) in [6.07, 6.45) is 1.20. The van der Waals surface area contributed by atoms with Gasteiger partial charge in [0.15, 0.2) is 11.6 Å². The molecular weight excluding hydrogens is 280 g/mol. The number of rotatable bonds is 2. The molecule has 2 aliphatic rings. The predicted octanol–water partition coefficient (Wildman–Crippen LogP) is 2.60. The SMILES string of the molecule is CC1(C(=O)N2OCC[C@H]2c2ccc(F)c(F)c2)CCOC1. The fourth-order valence-electron chi connectivity index (χ4n) is 2.79. The molecule has 2 aliphatic heterocycles. The van der Waals surface area contributed by atoms with E-state index < -0.39 is 17.0 Å². The van der Waals surface area contributed by atoms with Gasteiger partial charge in [-0.1, -0.05) is 6.07 Å². The second-order valence-electron chi connectivity index (χ2n) is 5.81. The first-order valence-electron chi connectivity index (χ1n) is 7.00. The summed E-state index contributed by atoms with van der Waals surface area (Å²) in [6, 6.07) is 3.31. The van der Waals surface area contributed by atoms with Gasteiger partial charge in [-0.2, -0.15) is 0 Å². The summed E-state index contributed by atoms with van der Waals surface area (Å²) < 4.78 is 31.7. The summed E-state index contributed by atoms with van der Waals surface area (Å²) >= 11 is 0. The molecule has 21 heavy (non-hydrogen) atoms. The molecular formula is C15H17F2NO3. The van der Waals surface area contributed by atoms with Crippen LogP contribution in [0.25, 0.3) is 0 Å². The molecule has 0 spiro atoms. The number of benzene rings is 1. The van der Waals surface area contributed by atoms with Crippen LogP contribution in [-0.2, 0) is 14.4 Å². The topological polar surface area (TPSA) is 38.8 Å². The Kier molecular flexibility index (Phi) is 3.67. The molecule has 2 atom stereocenters. The Morgan fingerprint density at radius 3 is 2.81 bits per heavy atom. The standard InChI is InChI=1S/C15H17F2NO3/c1-15(5-7-20-9-15)14(19)18-13(4-6-21-18)10-2-3-11(16)12(17)8-10/h2-3,8,13H,4-7,9H2,1H3/t13-,15?/m0/s1. The second-order valence-corrected chi connectivity index (χ2v) is 5.81. The van der Waals surface area contributed by atoms with Crippen molar-refractivity contribution < 1.29 is 23.1 Å². The van der Waals surface area contributed by atoms with E-state index >= 15 is 0 Å². The van der Waals surface area contributed by atoms with Crippen molar-refractivity contribution in [3.05, 3.63) is 35.4 Å². The molecule has 0 N–H and O–H groups in total. The minimum atomic E-state index is -0.915. The maximum absolute atomic E-state index is 13.4. The highest BCUT2D eigenvalue weighted by atomic mass is 19.2. The third kappa shape index (κ3) is 2.53. The van der Waals surface area contributed by atoms with Crippen LogP contribution >= 0.6 is 0 Å². The van der Waals surface area contributed by atoms with Crippen LogP contribution in [0.5, 0.6) is 0 Å². The van der Waals surface area contributed by atoms with Gasteiger partial charge in [-0.25, -0.2) is 13.8 Å². The van der Waals surface area contributed by atoms with Gasteiger partial charge in [-0.05, 0) is 31.0 Å². The average Bonchev–Trinajstić information content (AvgIpc) is 3.10. The van der Waals surface area contributed by atoms with Crippen LogP contribution in [-0.4, -0.2) is 30.8 Å². The molecule has 3 rings (SSSR count). The maximum atomic E-state index is 13.4. The van der Waals surface area contributed by atoms with E-state index in [9.17, 15) is 13.6 Å². The van der Waals surface area contributed by atoms with Crippen molar-refractivity contribution in [2.75, 3.05) is 19.8 Å². The number of carbonyl (C=O) groups is 1. The lowest BCUT2D eigenvalue weighted by atomic mass is 9.88. The zero-order valence-corrected chi connectivity index (χ0v) is 11.8. The smallest absolute Gasteiger partial charge is 0.255 e. The van der Waals surface area contributed by atoms with Crippen molar-refractivity contribution in [1.29, 1.82) is 0 Å². The molecule has 0 aromatic heterocycles. The molecule has 0 bridgehead atoms. The molecule has 114 valence electrons. The lowest BCUT2D eigenvalue weighted by Gasteiger charge is -2.30. The Balaban J connectivity index is 1.85. The van der Waals surface area contributed by atoms with Crippen molar-refractivity contribution in [2.24, 2.45) is 5.41 Å². The number of carbonyl (C=O) groups excluding carboxylic acids is 1. The summed E-state index contributed by atoms with van der Waals surface area (Å²) in [7, 11) is 0. The zero-order chi connectivity index (χ0) is 15.0. The van der Waals surface area contributed by atoms with E-state index in [1.165, 1.54) is 11.1 Å². The van der Waals surface area contributed by atoms with Crippen LogP contribution in [0.15, 0.2) is 18.2 Å². The van der Waals surface area contributed by atoms with Gasteiger partial charge < -0.3 is 4.74 Å². The van der Waals surface area contributed by atoms with Crippen LogP contribution in [0.3, 0.4) is 0 Å². The Morgan fingerprint density at radius 1 is 1.33 bits per heavy atom. The fraction of sp³-hybridized carbons (Fsp3) is 0.533. The van der Waals surface area contributed by atoms with E-state index in [1.54, 1.807) is 0 Å². The average molecular weight is 297 g/mol. The third-order valence-corrected chi connectivity index (χ3v) is 4.17. The number of hydrogen-bond acceptors (Lipinski definition) is 3. The van der Waals surface area contributed by atoms with Crippen LogP contribution in [0.4, 0.5) is 8.78 Å². The van der Waals surface area contributed by atoms with Crippen molar-refractivity contribution >= 4 is 5.91 Å². The molecule has 1 amide bonds. The molecule has 1 aromatic rings. The lowest BCUT2D eigenvalue weighted by molar-refractivity contribution is -0.187. The van der Waals surface area contributed by atoms with Crippen LogP contribution in [0.2, 0.25) is 0 Å². The molecule has 2 saturated heterocycles. The normalized spacial score (nSPS) is 29.1. The quantitative estimate of drug-likeness (QED) is 0.842. The van der Waals surface area contributed by atoms with Gasteiger partial charge in [0.1, 0.15) is 0 Å². The molecule has 0 saturated carbocycles. The van der Waals surface area contributed by atoms with E-state index in [2.05, 4.69) is 0 Å². The number of amides is 1. The summed E-state index contributed by atoms with van der Waals surface area (Å²) in [6.45, 7) is 3.13. The molecule has 1 unspecified atom stereocenters. The minimum absolute atomic E-state index is 0.160. The summed E-state index contributed by atoms with van der Waals surface area (Å²) in [5, 5.41) is 1.31. The molecule has 6 heteroatoms. The summed E-state index contributed by atoms with van der Waals surface area (Å²) in [4.78, 5) is 18.1. The Bertz CT molecular complexity index is 558. The molecule has 0 radical (unpaired) electrons. The van der Waals surface area contributed by atoms with Gasteiger partial charge in [0.2, 0.25) is 0 Å². The maximum Gasteiger partial charge on any atom is 0.255 e. The van der Waals surface area contributed by atoms with Crippen LogP contribution in [0.1, 0.15) is 31.4 Å². The number of halogens is 2. The second kappa shape index (κ2) is 5.35. The first-order chi connectivity index (χ1) is 10.0. The molecule has 0 aliphatic carbocycles. The fourth-order valence-corrected chi connectivity index (χ4v) is 2.79. The largest absolute Gasteiger partial charge is 0.380 e. The van der Waals surface area contributed by atoms with E-state index in [0.717, 1.165) is 12.1 Å². The molecule has 4 nitrogen and oxygen atoms in total. The van der Waals surface area contributed by atoms with Gasteiger partial charge in [0.25, 0.3) is 5.91 Å². The van der Waals surface area contributed by atoms with Crippen LogP contribution in [0, 0.1) is 17.0 Å². The van der Waals surface area contributed by atoms with Gasteiger partial charge >= 0.3 is 0 Å². The van der Waals surface area contributed by atoms with Gasteiger partial charge in [0.05, 0.1) is 24.7 Å². The highest BCUT2D eigenvalue weighted by molar-refractivity contribution is 5.82. The number of nitrogens with zero attached hydrogens (tertiary/aromatic N) is 1. The van der Waals surface area contributed by atoms with Gasteiger partial charge in [-0.15, -0.1) is 0 Å². The van der Waals surface area contributed by atoms with Crippen molar-refractivity contribution in [3.63, 3.8) is 0 Å². The third-order valence-electron chi connectivity index (χ3n) is 4.17. The first kappa shape index (κ1) is 14.4. The highest BCUT2D eigenvalue weighted by Gasteiger charge is 2.45. The summed E-state index contributed by atoms with van der Waals surface area (Å²) in [5.41, 5.74) is -0.0662. The van der Waals surface area contributed by atoms with Crippen molar-refractivity contribution in [1.82, 2.24) is 5.06 Å². The number of hydrogen-bond donors (Lipinski definition) is 0. The minimum Gasteiger partial charge on any atom is -0.380 e.